The van der Waals surface area contributed by atoms with Gasteiger partial charge in [0.25, 0.3) is 0 Å². The molecule has 6 heteroatoms. The smallest absolute Gasteiger partial charge is 0.135 e. The second-order valence-corrected chi connectivity index (χ2v) is 6.90. The summed E-state index contributed by atoms with van der Waals surface area (Å²) >= 11 is 1.49. The zero-order valence-corrected chi connectivity index (χ0v) is 15.5. The first-order chi connectivity index (χ1) is 12.2. The molecule has 0 radical (unpaired) electrons. The average Bonchev–Trinajstić information content (AvgIpc) is 3.09. The van der Waals surface area contributed by atoms with Gasteiger partial charge in [-0.2, -0.15) is 5.26 Å². The summed E-state index contributed by atoms with van der Waals surface area (Å²) in [6, 6.07) is 10.5. The van der Waals surface area contributed by atoms with Gasteiger partial charge in [0, 0.05) is 43.5 Å². The molecule has 130 valence electrons. The maximum Gasteiger partial charge on any atom is 0.135 e. The molecule has 1 N–H and O–H groups in total. The van der Waals surface area contributed by atoms with Crippen molar-refractivity contribution < 1.29 is 0 Å². The van der Waals surface area contributed by atoms with E-state index in [-0.39, 0.29) is 0 Å². The number of thiazole rings is 1. The van der Waals surface area contributed by atoms with Crippen molar-refractivity contribution in [3.63, 3.8) is 0 Å². The van der Waals surface area contributed by atoms with Gasteiger partial charge in [0.1, 0.15) is 16.6 Å². The highest BCUT2D eigenvalue weighted by atomic mass is 32.1. The van der Waals surface area contributed by atoms with Crippen molar-refractivity contribution in [3.05, 3.63) is 46.5 Å². The molecule has 3 rings (SSSR count). The summed E-state index contributed by atoms with van der Waals surface area (Å²) in [4.78, 5) is 9.26. The van der Waals surface area contributed by atoms with Crippen molar-refractivity contribution in [2.45, 2.75) is 13.8 Å². The van der Waals surface area contributed by atoms with Crippen LogP contribution in [0.25, 0.3) is 5.57 Å². The van der Waals surface area contributed by atoms with Crippen LogP contribution in [0.1, 0.15) is 17.6 Å². The van der Waals surface area contributed by atoms with Gasteiger partial charge < -0.3 is 15.1 Å². The molecule has 0 aliphatic carbocycles. The van der Waals surface area contributed by atoms with Gasteiger partial charge in [-0.25, -0.2) is 4.98 Å². The Morgan fingerprint density at radius 1 is 1.32 bits per heavy atom. The zero-order valence-electron chi connectivity index (χ0n) is 14.7. The Balaban J connectivity index is 1.77. The second kappa shape index (κ2) is 8.15. The van der Waals surface area contributed by atoms with Crippen LogP contribution in [0, 0.1) is 18.3 Å². The quantitative estimate of drug-likeness (QED) is 0.833. The second-order valence-electron chi connectivity index (χ2n) is 6.05. The molecular formula is C19H23N5S. The van der Waals surface area contributed by atoms with E-state index in [0.29, 0.717) is 5.57 Å². The predicted octanol–water partition coefficient (Wildman–Crippen LogP) is 3.57. The lowest BCUT2D eigenvalue weighted by molar-refractivity contribution is 0.271. The van der Waals surface area contributed by atoms with E-state index in [1.54, 1.807) is 6.20 Å². The molecule has 1 aromatic heterocycles. The zero-order chi connectivity index (χ0) is 17.6. The third-order valence-electron chi connectivity index (χ3n) is 4.41. The van der Waals surface area contributed by atoms with Crippen molar-refractivity contribution in [1.82, 2.24) is 9.88 Å². The first-order valence-electron chi connectivity index (χ1n) is 8.57. The summed E-state index contributed by atoms with van der Waals surface area (Å²) in [5.41, 5.74) is 3.70. The molecule has 0 amide bonds. The summed E-state index contributed by atoms with van der Waals surface area (Å²) in [5, 5.41) is 15.5. The molecule has 1 aliphatic rings. The molecule has 5 nitrogen and oxygen atoms in total. The number of allylic oxidation sites excluding steroid dienone is 1. The Morgan fingerprint density at radius 2 is 2.08 bits per heavy atom. The fourth-order valence-corrected chi connectivity index (χ4v) is 3.71. The first kappa shape index (κ1) is 17.5. The van der Waals surface area contributed by atoms with Gasteiger partial charge in [-0.3, -0.25) is 0 Å². The molecule has 2 aromatic rings. The fraction of sp³-hybridized carbons (Fsp3) is 0.368. The van der Waals surface area contributed by atoms with Gasteiger partial charge in [0.15, 0.2) is 0 Å². The van der Waals surface area contributed by atoms with Gasteiger partial charge in [-0.05, 0) is 25.6 Å². The molecule has 0 bridgehead atoms. The Kier molecular flexibility index (Phi) is 5.69. The third kappa shape index (κ3) is 4.19. The molecule has 1 aromatic carbocycles. The minimum Gasteiger partial charge on any atom is -0.367 e. The molecule has 1 aliphatic heterocycles. The van der Waals surface area contributed by atoms with Gasteiger partial charge in [0.2, 0.25) is 0 Å². The number of aromatic nitrogens is 1. The number of anilines is 2. The first-order valence-corrected chi connectivity index (χ1v) is 9.45. The molecule has 0 atom stereocenters. The summed E-state index contributed by atoms with van der Waals surface area (Å²) < 4.78 is 0. The minimum atomic E-state index is 0.559. The topological polar surface area (TPSA) is 55.2 Å². The SMILES string of the molecule is CCN1CCN(c2ccccc2N/C=C(\C#N)c2nc(C)cs2)CC1. The highest BCUT2D eigenvalue weighted by molar-refractivity contribution is 7.10. The van der Waals surface area contributed by atoms with Crippen LogP contribution in [0.2, 0.25) is 0 Å². The van der Waals surface area contributed by atoms with Crippen LogP contribution in [-0.2, 0) is 0 Å². The van der Waals surface area contributed by atoms with Crippen LogP contribution in [0.4, 0.5) is 11.4 Å². The molecule has 1 saturated heterocycles. The number of piperazine rings is 1. The van der Waals surface area contributed by atoms with E-state index in [0.717, 1.165) is 49.1 Å². The Bertz CT molecular complexity index is 781. The van der Waals surface area contributed by atoms with Crippen LogP contribution in [0.3, 0.4) is 0 Å². The fourth-order valence-electron chi connectivity index (χ4n) is 2.95. The number of benzene rings is 1. The molecule has 0 saturated carbocycles. The Morgan fingerprint density at radius 3 is 2.72 bits per heavy atom. The summed E-state index contributed by atoms with van der Waals surface area (Å²) in [6.07, 6.45) is 1.76. The van der Waals surface area contributed by atoms with E-state index in [2.05, 4.69) is 51.3 Å². The van der Waals surface area contributed by atoms with Gasteiger partial charge in [0.05, 0.1) is 11.4 Å². The van der Waals surface area contributed by atoms with E-state index in [9.17, 15) is 5.26 Å². The number of rotatable bonds is 5. The summed E-state index contributed by atoms with van der Waals surface area (Å²) in [7, 11) is 0. The van der Waals surface area contributed by atoms with Crippen LogP contribution in [-0.4, -0.2) is 42.6 Å². The highest BCUT2D eigenvalue weighted by Gasteiger charge is 2.17. The Hall–Kier alpha value is -2.36. The third-order valence-corrected chi connectivity index (χ3v) is 5.40. The van der Waals surface area contributed by atoms with E-state index in [4.69, 9.17) is 0 Å². The average molecular weight is 353 g/mol. The van der Waals surface area contributed by atoms with Crippen LogP contribution in [0.5, 0.6) is 0 Å². The lowest BCUT2D eigenvalue weighted by atomic mass is 10.2. The number of para-hydroxylation sites is 2. The standard InChI is InChI=1S/C19H23N5S/c1-3-23-8-10-24(11-9-23)18-7-5-4-6-17(18)21-13-16(12-20)19-22-15(2)14-25-19/h4-7,13-14,21H,3,8-11H2,1-2H3/b16-13+. The van der Waals surface area contributed by atoms with Gasteiger partial charge >= 0.3 is 0 Å². The van der Waals surface area contributed by atoms with Crippen molar-refractivity contribution in [3.8, 4) is 6.07 Å². The monoisotopic (exact) mass is 353 g/mol. The van der Waals surface area contributed by atoms with Crippen molar-refractivity contribution in [2.24, 2.45) is 0 Å². The van der Waals surface area contributed by atoms with E-state index in [1.165, 1.54) is 17.0 Å². The lowest BCUT2D eigenvalue weighted by Gasteiger charge is -2.36. The molecule has 1 fully saturated rings. The summed E-state index contributed by atoms with van der Waals surface area (Å²) in [5.74, 6) is 0. The predicted molar refractivity (Wildman–Crippen MR) is 105 cm³/mol. The van der Waals surface area contributed by atoms with Crippen molar-refractivity contribution in [1.29, 1.82) is 5.26 Å². The number of nitriles is 1. The highest BCUT2D eigenvalue weighted by Crippen LogP contribution is 2.27. The summed E-state index contributed by atoms with van der Waals surface area (Å²) in [6.45, 7) is 9.47. The molecular weight excluding hydrogens is 330 g/mol. The number of hydrogen-bond donors (Lipinski definition) is 1. The molecule has 0 unspecified atom stereocenters. The van der Waals surface area contributed by atoms with E-state index in [1.807, 2.05) is 18.4 Å². The largest absolute Gasteiger partial charge is 0.367 e. The normalized spacial score (nSPS) is 15.9. The number of aryl methyl sites for hydroxylation is 1. The number of hydrogen-bond acceptors (Lipinski definition) is 6. The molecule has 25 heavy (non-hydrogen) atoms. The van der Waals surface area contributed by atoms with Gasteiger partial charge in [-0.1, -0.05) is 19.1 Å². The maximum atomic E-state index is 9.43. The van der Waals surface area contributed by atoms with Crippen molar-refractivity contribution in [2.75, 3.05) is 42.9 Å². The molecule has 2 heterocycles. The number of likely N-dealkylation sites (N-methyl/N-ethyl adjacent to an activating group) is 1. The Labute approximate surface area is 153 Å². The van der Waals surface area contributed by atoms with Crippen LogP contribution in [0.15, 0.2) is 35.8 Å². The van der Waals surface area contributed by atoms with Gasteiger partial charge in [-0.15, -0.1) is 11.3 Å². The molecule has 0 spiro atoms. The number of nitrogens with zero attached hydrogens (tertiary/aromatic N) is 4. The van der Waals surface area contributed by atoms with Crippen LogP contribution >= 0.6 is 11.3 Å². The maximum absolute atomic E-state index is 9.43. The minimum absolute atomic E-state index is 0.559. The van der Waals surface area contributed by atoms with Crippen molar-refractivity contribution >= 4 is 28.3 Å². The van der Waals surface area contributed by atoms with Crippen LogP contribution < -0.4 is 10.2 Å². The van der Waals surface area contributed by atoms with E-state index >= 15 is 0 Å². The van der Waals surface area contributed by atoms with E-state index < -0.39 is 0 Å². The lowest BCUT2D eigenvalue weighted by Crippen LogP contribution is -2.46. The number of nitrogens with one attached hydrogen (secondary N) is 1.